The molecule has 0 unspecified atom stereocenters. The van der Waals surface area contributed by atoms with E-state index in [1.165, 1.54) is 0 Å². The minimum Gasteiger partial charge on any atom is -0.493 e. The summed E-state index contributed by atoms with van der Waals surface area (Å²) in [6, 6.07) is 12.9. The molecule has 2 heterocycles. The molecule has 168 valence electrons. The lowest BCUT2D eigenvalue weighted by Crippen LogP contribution is -2.44. The highest BCUT2D eigenvalue weighted by Gasteiger charge is 2.21. The van der Waals surface area contributed by atoms with E-state index in [9.17, 15) is 9.90 Å². The third-order valence-electron chi connectivity index (χ3n) is 5.78. The van der Waals surface area contributed by atoms with Crippen LogP contribution in [0, 0.1) is 0 Å². The second-order valence-corrected chi connectivity index (χ2v) is 9.19. The SMILES string of the molecule is CN1CCN(Cn2c(O)c(N=NC(=O)c3ccc(N(C)C)cc3)c3cc(Br)ccc32)CC1. The number of hydrogen-bond donors (Lipinski definition) is 1. The van der Waals surface area contributed by atoms with Crippen molar-refractivity contribution in [2.45, 2.75) is 6.67 Å². The number of rotatable bonds is 5. The Morgan fingerprint density at radius 3 is 2.44 bits per heavy atom. The van der Waals surface area contributed by atoms with Gasteiger partial charge in [0, 0.05) is 61.4 Å². The van der Waals surface area contributed by atoms with Gasteiger partial charge in [0.2, 0.25) is 5.88 Å². The molecule has 2 aromatic carbocycles. The van der Waals surface area contributed by atoms with Crippen LogP contribution in [0.15, 0.2) is 57.2 Å². The van der Waals surface area contributed by atoms with Crippen LogP contribution in [0.1, 0.15) is 10.4 Å². The molecule has 0 saturated carbocycles. The molecule has 1 aliphatic heterocycles. The first-order valence-corrected chi connectivity index (χ1v) is 11.3. The van der Waals surface area contributed by atoms with E-state index in [0.717, 1.165) is 47.2 Å². The minimum absolute atomic E-state index is 0.0107. The highest BCUT2D eigenvalue weighted by molar-refractivity contribution is 9.10. The molecule has 1 saturated heterocycles. The van der Waals surface area contributed by atoms with Crippen molar-refractivity contribution >= 4 is 44.1 Å². The average molecular weight is 499 g/mol. The van der Waals surface area contributed by atoms with Crippen molar-refractivity contribution in [3.63, 3.8) is 0 Å². The van der Waals surface area contributed by atoms with E-state index in [4.69, 9.17) is 0 Å². The Hall–Kier alpha value is -2.75. The van der Waals surface area contributed by atoms with E-state index in [-0.39, 0.29) is 5.88 Å². The van der Waals surface area contributed by atoms with Gasteiger partial charge in [-0.15, -0.1) is 10.2 Å². The predicted octanol–water partition coefficient (Wildman–Crippen LogP) is 4.30. The van der Waals surface area contributed by atoms with E-state index >= 15 is 0 Å². The Labute approximate surface area is 195 Å². The summed E-state index contributed by atoms with van der Waals surface area (Å²) < 4.78 is 2.70. The van der Waals surface area contributed by atoms with Crippen LogP contribution in [0.5, 0.6) is 5.88 Å². The topological polar surface area (TPSA) is 76.7 Å². The van der Waals surface area contributed by atoms with Crippen LogP contribution in [0.4, 0.5) is 11.4 Å². The molecule has 1 fully saturated rings. The van der Waals surface area contributed by atoms with E-state index in [1.54, 1.807) is 12.1 Å². The minimum atomic E-state index is -0.454. The summed E-state index contributed by atoms with van der Waals surface area (Å²) in [6.45, 7) is 4.36. The Bertz CT molecular complexity index is 1150. The van der Waals surface area contributed by atoms with Crippen molar-refractivity contribution < 1.29 is 9.90 Å². The van der Waals surface area contributed by atoms with Crippen LogP contribution < -0.4 is 4.90 Å². The summed E-state index contributed by atoms with van der Waals surface area (Å²) in [7, 11) is 5.99. The number of carbonyl (C=O) groups excluding carboxylic acids is 1. The Morgan fingerprint density at radius 2 is 1.78 bits per heavy atom. The highest BCUT2D eigenvalue weighted by Crippen LogP contribution is 2.40. The summed E-state index contributed by atoms with van der Waals surface area (Å²) >= 11 is 3.49. The number of carbonyl (C=O) groups is 1. The predicted molar refractivity (Wildman–Crippen MR) is 130 cm³/mol. The average Bonchev–Trinajstić information content (AvgIpc) is 3.03. The molecule has 0 bridgehead atoms. The fourth-order valence-electron chi connectivity index (χ4n) is 3.78. The van der Waals surface area contributed by atoms with Crippen molar-refractivity contribution in [1.29, 1.82) is 0 Å². The van der Waals surface area contributed by atoms with Crippen LogP contribution in [-0.4, -0.2) is 72.7 Å². The van der Waals surface area contributed by atoms with Crippen LogP contribution in [0.2, 0.25) is 0 Å². The molecule has 1 aliphatic rings. The molecule has 0 atom stereocenters. The van der Waals surface area contributed by atoms with Crippen molar-refractivity contribution in [3.8, 4) is 5.88 Å². The molecule has 1 amide bonds. The zero-order valence-electron chi connectivity index (χ0n) is 18.5. The number of likely N-dealkylation sites (N-methyl/N-ethyl adjacent to an activating group) is 1. The lowest BCUT2D eigenvalue weighted by atomic mass is 10.2. The van der Waals surface area contributed by atoms with Crippen molar-refractivity contribution in [1.82, 2.24) is 14.4 Å². The molecular formula is C23H27BrN6O2. The van der Waals surface area contributed by atoms with Gasteiger partial charge >= 0.3 is 0 Å². The third kappa shape index (κ3) is 4.69. The van der Waals surface area contributed by atoms with Crippen LogP contribution in [0.25, 0.3) is 10.9 Å². The van der Waals surface area contributed by atoms with Gasteiger partial charge in [0.15, 0.2) is 5.69 Å². The van der Waals surface area contributed by atoms with Gasteiger partial charge in [0.1, 0.15) is 0 Å². The number of anilines is 1. The maximum Gasteiger partial charge on any atom is 0.295 e. The van der Waals surface area contributed by atoms with E-state index in [1.807, 2.05) is 53.9 Å². The maximum absolute atomic E-state index is 12.6. The van der Waals surface area contributed by atoms with Gasteiger partial charge in [0.25, 0.3) is 5.91 Å². The summed E-state index contributed by atoms with van der Waals surface area (Å²) in [5, 5.41) is 19.8. The highest BCUT2D eigenvalue weighted by atomic mass is 79.9. The summed E-state index contributed by atoms with van der Waals surface area (Å²) in [5.74, 6) is -0.443. The molecule has 32 heavy (non-hydrogen) atoms. The van der Waals surface area contributed by atoms with Gasteiger partial charge in [-0.1, -0.05) is 15.9 Å². The quantitative estimate of drug-likeness (QED) is 0.530. The van der Waals surface area contributed by atoms with Gasteiger partial charge in [0.05, 0.1) is 12.2 Å². The Morgan fingerprint density at radius 1 is 1.09 bits per heavy atom. The van der Waals surface area contributed by atoms with Gasteiger partial charge < -0.3 is 14.9 Å². The van der Waals surface area contributed by atoms with Crippen LogP contribution in [-0.2, 0) is 6.67 Å². The van der Waals surface area contributed by atoms with Crippen LogP contribution >= 0.6 is 15.9 Å². The molecule has 0 aliphatic carbocycles. The first kappa shape index (κ1) is 22.4. The van der Waals surface area contributed by atoms with Gasteiger partial charge in [-0.25, -0.2) is 0 Å². The largest absolute Gasteiger partial charge is 0.493 e. The first-order valence-electron chi connectivity index (χ1n) is 10.5. The fraction of sp³-hybridized carbons (Fsp3) is 0.348. The van der Waals surface area contributed by atoms with Gasteiger partial charge in [-0.3, -0.25) is 14.3 Å². The smallest absolute Gasteiger partial charge is 0.295 e. The number of amides is 1. The number of hydrogen-bond acceptors (Lipinski definition) is 6. The number of nitrogens with zero attached hydrogens (tertiary/aromatic N) is 6. The summed E-state index contributed by atoms with van der Waals surface area (Å²) in [5.41, 5.74) is 2.59. The molecule has 3 aromatic rings. The Kier molecular flexibility index (Phi) is 6.59. The number of aromatic nitrogens is 1. The second-order valence-electron chi connectivity index (χ2n) is 8.27. The summed E-state index contributed by atoms with van der Waals surface area (Å²) in [6.07, 6.45) is 0. The number of halogens is 1. The number of fused-ring (bicyclic) bond motifs is 1. The molecule has 0 spiro atoms. The molecule has 4 rings (SSSR count). The lowest BCUT2D eigenvalue weighted by Gasteiger charge is -2.32. The fourth-order valence-corrected chi connectivity index (χ4v) is 4.14. The molecule has 1 aromatic heterocycles. The molecule has 1 N–H and O–H groups in total. The van der Waals surface area contributed by atoms with Crippen molar-refractivity contribution in [2.75, 3.05) is 52.2 Å². The zero-order valence-corrected chi connectivity index (χ0v) is 20.1. The molecule has 0 radical (unpaired) electrons. The van der Waals surface area contributed by atoms with Crippen molar-refractivity contribution in [3.05, 3.63) is 52.5 Å². The monoisotopic (exact) mass is 498 g/mol. The third-order valence-corrected chi connectivity index (χ3v) is 6.27. The normalized spacial score (nSPS) is 15.6. The molecule has 8 nitrogen and oxygen atoms in total. The first-order chi connectivity index (χ1) is 15.3. The van der Waals surface area contributed by atoms with E-state index in [2.05, 4.69) is 43.0 Å². The number of azo groups is 1. The number of benzene rings is 2. The standard InChI is InChI=1S/C23H27BrN6O2/c1-27(2)18-7-4-16(5-8-18)22(31)26-25-21-19-14-17(24)6-9-20(19)30(23(21)32)15-29-12-10-28(3)11-13-29/h4-9,14,32H,10-13,15H2,1-3H3. The van der Waals surface area contributed by atoms with Crippen molar-refractivity contribution in [2.24, 2.45) is 10.2 Å². The molecule has 9 heteroatoms. The van der Waals surface area contributed by atoms with E-state index in [0.29, 0.717) is 17.9 Å². The number of piperazine rings is 1. The maximum atomic E-state index is 12.6. The van der Waals surface area contributed by atoms with Gasteiger partial charge in [-0.2, -0.15) is 0 Å². The molecular weight excluding hydrogens is 472 g/mol. The number of aromatic hydroxyl groups is 1. The van der Waals surface area contributed by atoms with Gasteiger partial charge in [-0.05, 0) is 49.5 Å². The Balaban J connectivity index is 1.63. The lowest BCUT2D eigenvalue weighted by molar-refractivity contribution is 0.0995. The summed E-state index contributed by atoms with van der Waals surface area (Å²) in [4.78, 5) is 19.1. The second kappa shape index (κ2) is 9.40. The zero-order chi connectivity index (χ0) is 22.8. The van der Waals surface area contributed by atoms with E-state index < -0.39 is 5.91 Å². The van der Waals surface area contributed by atoms with Crippen LogP contribution in [0.3, 0.4) is 0 Å².